The molecule has 0 radical (unpaired) electrons. The zero-order chi connectivity index (χ0) is 18.5. The molecule has 1 aromatic heterocycles. The number of hydrogen-bond donors (Lipinski definition) is 2. The van der Waals surface area contributed by atoms with Gasteiger partial charge in [-0.05, 0) is 61.1 Å². The van der Waals surface area contributed by atoms with Gasteiger partial charge in [-0.25, -0.2) is 4.79 Å². The van der Waals surface area contributed by atoms with Gasteiger partial charge in [0.05, 0.1) is 12.4 Å². The molecule has 2 amide bonds. The van der Waals surface area contributed by atoms with Crippen molar-refractivity contribution in [2.45, 2.75) is 44.9 Å². The Bertz CT molecular complexity index is 913. The first-order valence-corrected chi connectivity index (χ1v) is 9.50. The second kappa shape index (κ2) is 8.16. The average molecular weight is 364 g/mol. The van der Waals surface area contributed by atoms with Crippen LogP contribution in [0.15, 0.2) is 59.2 Å². The second-order valence-electron chi connectivity index (χ2n) is 7.00. The summed E-state index contributed by atoms with van der Waals surface area (Å²) in [7, 11) is 0. The molecule has 1 saturated carbocycles. The summed E-state index contributed by atoms with van der Waals surface area (Å²) in [6.07, 6.45) is 6.77. The summed E-state index contributed by atoms with van der Waals surface area (Å²) in [5, 5.41) is 6.83. The van der Waals surface area contributed by atoms with E-state index in [-0.39, 0.29) is 6.03 Å². The molecule has 1 aliphatic rings. The summed E-state index contributed by atoms with van der Waals surface area (Å²) in [5.41, 5.74) is 2.85. The summed E-state index contributed by atoms with van der Waals surface area (Å²) in [5.74, 6) is 0.883. The van der Waals surface area contributed by atoms with E-state index in [0.29, 0.717) is 19.2 Å². The fraction of sp³-hybridized carbons (Fsp3) is 0.318. The lowest BCUT2D eigenvalue weighted by Gasteiger charge is -2.14. The topological polar surface area (TPSA) is 63.5 Å². The van der Waals surface area contributed by atoms with Crippen molar-refractivity contribution < 1.29 is 13.9 Å². The van der Waals surface area contributed by atoms with Gasteiger partial charge in [0.2, 0.25) is 0 Å². The van der Waals surface area contributed by atoms with E-state index in [1.54, 1.807) is 6.26 Å². The van der Waals surface area contributed by atoms with E-state index >= 15 is 0 Å². The molecule has 2 N–H and O–H groups in total. The molecule has 0 bridgehead atoms. The van der Waals surface area contributed by atoms with Gasteiger partial charge < -0.3 is 19.8 Å². The minimum absolute atomic E-state index is 0.198. The molecule has 1 fully saturated rings. The minimum atomic E-state index is -0.198. The fourth-order valence-electron chi connectivity index (χ4n) is 3.46. The maximum absolute atomic E-state index is 12.1. The summed E-state index contributed by atoms with van der Waals surface area (Å²) < 4.78 is 11.4. The molecule has 2 aromatic carbocycles. The number of hydrogen-bond acceptors (Lipinski definition) is 3. The van der Waals surface area contributed by atoms with Crippen LogP contribution in [0, 0.1) is 0 Å². The van der Waals surface area contributed by atoms with Crippen LogP contribution in [-0.4, -0.2) is 12.1 Å². The number of amides is 2. The molecule has 0 aliphatic heterocycles. The molecule has 27 heavy (non-hydrogen) atoms. The lowest BCUT2D eigenvalue weighted by molar-refractivity contribution is 0.209. The summed E-state index contributed by atoms with van der Waals surface area (Å²) in [4.78, 5) is 12.1. The lowest BCUT2D eigenvalue weighted by atomic mass is 10.2. The maximum atomic E-state index is 12.1. The third-order valence-corrected chi connectivity index (χ3v) is 4.93. The van der Waals surface area contributed by atoms with Gasteiger partial charge in [-0.2, -0.15) is 0 Å². The SMILES string of the molecule is O=C(NCc1cccc(OC2CCCC2)c1)NCc1ccc2ccoc2c1. The van der Waals surface area contributed by atoms with Crippen molar-refractivity contribution in [2.24, 2.45) is 0 Å². The van der Waals surface area contributed by atoms with Crippen LogP contribution in [0.3, 0.4) is 0 Å². The smallest absolute Gasteiger partial charge is 0.315 e. The van der Waals surface area contributed by atoms with Crippen LogP contribution in [0.25, 0.3) is 11.0 Å². The Morgan fingerprint density at radius 3 is 2.59 bits per heavy atom. The monoisotopic (exact) mass is 364 g/mol. The van der Waals surface area contributed by atoms with E-state index in [1.165, 1.54) is 12.8 Å². The zero-order valence-electron chi connectivity index (χ0n) is 15.2. The molecule has 0 unspecified atom stereocenters. The van der Waals surface area contributed by atoms with E-state index in [0.717, 1.165) is 40.7 Å². The maximum Gasteiger partial charge on any atom is 0.315 e. The Morgan fingerprint density at radius 1 is 1.00 bits per heavy atom. The van der Waals surface area contributed by atoms with Crippen molar-refractivity contribution in [3.05, 3.63) is 65.9 Å². The number of furan rings is 1. The highest BCUT2D eigenvalue weighted by Crippen LogP contribution is 2.24. The van der Waals surface area contributed by atoms with Gasteiger partial charge in [0, 0.05) is 18.5 Å². The Balaban J connectivity index is 1.26. The van der Waals surface area contributed by atoms with Crippen LogP contribution in [0.1, 0.15) is 36.8 Å². The van der Waals surface area contributed by atoms with E-state index in [9.17, 15) is 4.79 Å². The van der Waals surface area contributed by atoms with Gasteiger partial charge in [0.1, 0.15) is 11.3 Å². The van der Waals surface area contributed by atoms with Crippen LogP contribution in [0.2, 0.25) is 0 Å². The summed E-state index contributed by atoms with van der Waals surface area (Å²) in [6, 6.07) is 15.6. The van der Waals surface area contributed by atoms with Crippen LogP contribution in [-0.2, 0) is 13.1 Å². The molecule has 0 saturated heterocycles. The number of nitrogens with one attached hydrogen (secondary N) is 2. The molecule has 0 spiro atoms. The summed E-state index contributed by atoms with van der Waals surface area (Å²) >= 11 is 0. The van der Waals surface area contributed by atoms with Gasteiger partial charge in [-0.1, -0.05) is 24.3 Å². The van der Waals surface area contributed by atoms with E-state index in [1.807, 2.05) is 48.5 Å². The van der Waals surface area contributed by atoms with Crippen LogP contribution < -0.4 is 15.4 Å². The van der Waals surface area contributed by atoms with Crippen LogP contribution in [0.5, 0.6) is 5.75 Å². The highest BCUT2D eigenvalue weighted by atomic mass is 16.5. The molecule has 5 heteroatoms. The number of carbonyl (C=O) groups excluding carboxylic acids is 1. The van der Waals surface area contributed by atoms with Gasteiger partial charge in [-0.3, -0.25) is 0 Å². The highest BCUT2D eigenvalue weighted by Gasteiger charge is 2.16. The average Bonchev–Trinajstić information content (AvgIpc) is 3.36. The molecular formula is C22H24N2O3. The quantitative estimate of drug-likeness (QED) is 0.663. The number of fused-ring (bicyclic) bond motifs is 1. The predicted octanol–water partition coefficient (Wildman–Crippen LogP) is 4.75. The first-order chi connectivity index (χ1) is 13.3. The molecule has 3 aromatic rings. The van der Waals surface area contributed by atoms with Crippen molar-refractivity contribution in [2.75, 3.05) is 0 Å². The first kappa shape index (κ1) is 17.5. The lowest BCUT2D eigenvalue weighted by Crippen LogP contribution is -2.34. The van der Waals surface area contributed by atoms with Gasteiger partial charge in [-0.15, -0.1) is 0 Å². The normalized spacial score (nSPS) is 14.4. The van der Waals surface area contributed by atoms with Gasteiger partial charge >= 0.3 is 6.03 Å². The second-order valence-corrected chi connectivity index (χ2v) is 7.00. The number of rotatable bonds is 6. The fourth-order valence-corrected chi connectivity index (χ4v) is 3.46. The van der Waals surface area contributed by atoms with Crippen molar-refractivity contribution in [1.82, 2.24) is 10.6 Å². The van der Waals surface area contributed by atoms with Crippen molar-refractivity contribution in [3.63, 3.8) is 0 Å². The Morgan fingerprint density at radius 2 is 1.78 bits per heavy atom. The van der Waals surface area contributed by atoms with Crippen LogP contribution >= 0.6 is 0 Å². The molecule has 5 nitrogen and oxygen atoms in total. The van der Waals surface area contributed by atoms with Crippen molar-refractivity contribution >= 4 is 17.0 Å². The molecule has 140 valence electrons. The van der Waals surface area contributed by atoms with Crippen molar-refractivity contribution in [1.29, 1.82) is 0 Å². The minimum Gasteiger partial charge on any atom is -0.490 e. The molecular weight excluding hydrogens is 340 g/mol. The molecule has 1 aliphatic carbocycles. The van der Waals surface area contributed by atoms with Crippen LogP contribution in [0.4, 0.5) is 4.79 Å². The molecule has 1 heterocycles. The number of urea groups is 1. The Kier molecular flexibility index (Phi) is 5.28. The predicted molar refractivity (Wildman–Crippen MR) is 105 cm³/mol. The molecule has 4 rings (SSSR count). The summed E-state index contributed by atoms with van der Waals surface area (Å²) in [6.45, 7) is 0.915. The van der Waals surface area contributed by atoms with E-state index in [2.05, 4.69) is 10.6 Å². The highest BCUT2D eigenvalue weighted by molar-refractivity contribution is 5.78. The standard InChI is InChI=1S/C22H24N2O3/c25-22(24-15-17-8-9-18-10-11-26-21(18)13-17)23-14-16-4-3-7-20(12-16)27-19-5-1-2-6-19/h3-4,7-13,19H,1-2,5-6,14-15H2,(H2,23,24,25). The first-order valence-electron chi connectivity index (χ1n) is 9.50. The zero-order valence-corrected chi connectivity index (χ0v) is 15.2. The number of benzene rings is 2. The van der Waals surface area contributed by atoms with Crippen molar-refractivity contribution in [3.8, 4) is 5.75 Å². The van der Waals surface area contributed by atoms with Gasteiger partial charge in [0.15, 0.2) is 0 Å². The van der Waals surface area contributed by atoms with Gasteiger partial charge in [0.25, 0.3) is 0 Å². The molecule has 0 atom stereocenters. The Labute approximate surface area is 158 Å². The van der Waals surface area contributed by atoms with E-state index in [4.69, 9.17) is 9.15 Å². The largest absolute Gasteiger partial charge is 0.490 e. The number of carbonyl (C=O) groups is 1. The third-order valence-electron chi connectivity index (χ3n) is 4.93. The third kappa shape index (κ3) is 4.61. The Hall–Kier alpha value is -2.95. The number of ether oxygens (including phenoxy) is 1. The van der Waals surface area contributed by atoms with E-state index < -0.39 is 0 Å².